The molecule has 22 heavy (non-hydrogen) atoms. The second-order valence-corrected chi connectivity index (χ2v) is 5.91. The summed E-state index contributed by atoms with van der Waals surface area (Å²) in [5, 5.41) is 9.93. The fourth-order valence-electron chi connectivity index (χ4n) is 2.60. The number of carbonyl (C=O) groups excluding carboxylic acids is 1. The number of amides is 1. The van der Waals surface area contributed by atoms with Gasteiger partial charge >= 0.3 is 0 Å². The molecule has 1 fully saturated rings. The number of hydrogen-bond acceptors (Lipinski definition) is 3. The number of imidazole rings is 1. The number of aryl methyl sites for hydroxylation is 1. The van der Waals surface area contributed by atoms with Gasteiger partial charge in [-0.15, -0.1) is 0 Å². The smallest absolute Gasteiger partial charge is 0.231 e. The third-order valence-corrected chi connectivity index (χ3v) is 3.87. The lowest BCUT2D eigenvalue weighted by Gasteiger charge is -1.98. The van der Waals surface area contributed by atoms with Crippen molar-refractivity contribution >= 4 is 17.4 Å². The number of rotatable bonds is 4. The maximum absolute atomic E-state index is 12.1. The van der Waals surface area contributed by atoms with Crippen molar-refractivity contribution < 1.29 is 4.79 Å². The lowest BCUT2D eigenvalue weighted by Crippen LogP contribution is -2.14. The molecule has 1 amide bonds. The van der Waals surface area contributed by atoms with Crippen molar-refractivity contribution in [2.75, 3.05) is 5.32 Å². The Morgan fingerprint density at radius 2 is 2.27 bits per heavy atom. The Kier molecular flexibility index (Phi) is 2.96. The van der Waals surface area contributed by atoms with E-state index in [1.54, 1.807) is 0 Å². The van der Waals surface area contributed by atoms with Gasteiger partial charge in [-0.2, -0.15) is 5.10 Å². The van der Waals surface area contributed by atoms with Gasteiger partial charge in [0.25, 0.3) is 0 Å². The Balaban J connectivity index is 1.45. The van der Waals surface area contributed by atoms with Crippen LogP contribution in [0.4, 0.5) is 5.82 Å². The number of anilines is 1. The Morgan fingerprint density at radius 1 is 1.41 bits per heavy atom. The Bertz CT molecular complexity index is 843. The summed E-state index contributed by atoms with van der Waals surface area (Å²) >= 11 is 0. The van der Waals surface area contributed by atoms with Crippen molar-refractivity contribution in [3.63, 3.8) is 0 Å². The molecule has 0 aliphatic heterocycles. The minimum absolute atomic E-state index is 0.103. The van der Waals surface area contributed by atoms with Gasteiger partial charge in [-0.1, -0.05) is 6.07 Å². The van der Waals surface area contributed by atoms with Crippen molar-refractivity contribution in [3.05, 3.63) is 47.5 Å². The molecule has 3 aromatic heterocycles. The average Bonchev–Trinajstić information content (AvgIpc) is 3.10. The number of hydrogen-bond donors (Lipinski definition) is 2. The summed E-state index contributed by atoms with van der Waals surface area (Å²) in [6, 6.07) is 5.88. The molecular formula is C16H17N5O. The van der Waals surface area contributed by atoms with Gasteiger partial charge in [-0.25, -0.2) is 4.98 Å². The van der Waals surface area contributed by atoms with E-state index >= 15 is 0 Å². The molecule has 6 heteroatoms. The first-order valence-corrected chi connectivity index (χ1v) is 7.47. The highest BCUT2D eigenvalue weighted by Crippen LogP contribution is 2.39. The number of carbonyl (C=O) groups is 1. The van der Waals surface area contributed by atoms with Gasteiger partial charge in [0, 0.05) is 30.1 Å². The zero-order valence-electron chi connectivity index (χ0n) is 12.3. The van der Waals surface area contributed by atoms with E-state index in [4.69, 9.17) is 0 Å². The van der Waals surface area contributed by atoms with Crippen molar-refractivity contribution in [2.24, 2.45) is 0 Å². The predicted octanol–water partition coefficient (Wildman–Crippen LogP) is 2.42. The number of aromatic nitrogens is 4. The van der Waals surface area contributed by atoms with Gasteiger partial charge < -0.3 is 9.72 Å². The van der Waals surface area contributed by atoms with Gasteiger partial charge in [-0.3, -0.25) is 9.89 Å². The standard InChI is InChI=1S/C16H17N5O/c1-10-2-5-15-17-12(9-21(15)8-10)6-16(22)18-14-7-13(19-20-14)11-3-4-11/h2,5,7-9,11H,3-4,6H2,1H3,(H2,18,19,20,22). The summed E-state index contributed by atoms with van der Waals surface area (Å²) in [4.78, 5) is 16.6. The molecule has 6 nitrogen and oxygen atoms in total. The number of pyridine rings is 1. The molecule has 0 saturated heterocycles. The van der Waals surface area contributed by atoms with Gasteiger partial charge in [0.1, 0.15) is 5.65 Å². The molecule has 1 aliphatic rings. The first kappa shape index (κ1) is 13.1. The molecule has 0 spiro atoms. The molecule has 3 heterocycles. The Labute approximate surface area is 127 Å². The van der Waals surface area contributed by atoms with Crippen molar-refractivity contribution in [3.8, 4) is 0 Å². The van der Waals surface area contributed by atoms with Crippen LogP contribution in [-0.4, -0.2) is 25.5 Å². The third kappa shape index (κ3) is 2.59. The summed E-state index contributed by atoms with van der Waals surface area (Å²) in [6.07, 6.45) is 6.54. The summed E-state index contributed by atoms with van der Waals surface area (Å²) in [6.45, 7) is 2.03. The van der Waals surface area contributed by atoms with Crippen LogP contribution in [0.2, 0.25) is 0 Å². The summed E-state index contributed by atoms with van der Waals surface area (Å²) in [5.41, 5.74) is 3.87. The number of fused-ring (bicyclic) bond motifs is 1. The molecule has 0 radical (unpaired) electrons. The van der Waals surface area contributed by atoms with E-state index in [0.717, 1.165) is 22.6 Å². The fraction of sp³-hybridized carbons (Fsp3) is 0.312. The largest absolute Gasteiger partial charge is 0.309 e. The highest BCUT2D eigenvalue weighted by atomic mass is 16.1. The maximum atomic E-state index is 12.1. The lowest BCUT2D eigenvalue weighted by molar-refractivity contribution is -0.115. The second-order valence-electron chi connectivity index (χ2n) is 5.91. The summed E-state index contributed by atoms with van der Waals surface area (Å²) < 4.78 is 1.94. The summed E-state index contributed by atoms with van der Waals surface area (Å²) in [5.74, 6) is 1.08. The van der Waals surface area contributed by atoms with Crippen LogP contribution in [0.15, 0.2) is 30.6 Å². The number of nitrogens with zero attached hydrogens (tertiary/aromatic N) is 3. The van der Waals surface area contributed by atoms with Crippen LogP contribution >= 0.6 is 0 Å². The highest BCUT2D eigenvalue weighted by Gasteiger charge is 2.25. The monoisotopic (exact) mass is 295 g/mol. The fourth-order valence-corrected chi connectivity index (χ4v) is 2.60. The van der Waals surface area contributed by atoms with Crippen LogP contribution in [0.25, 0.3) is 5.65 Å². The molecule has 2 N–H and O–H groups in total. The minimum atomic E-state index is -0.103. The topological polar surface area (TPSA) is 75.1 Å². The van der Waals surface area contributed by atoms with Gasteiger partial charge in [-0.05, 0) is 31.4 Å². The van der Waals surface area contributed by atoms with Crippen LogP contribution in [0.3, 0.4) is 0 Å². The maximum Gasteiger partial charge on any atom is 0.231 e. The number of nitrogens with one attached hydrogen (secondary N) is 2. The van der Waals surface area contributed by atoms with Crippen LogP contribution < -0.4 is 5.32 Å². The predicted molar refractivity (Wildman–Crippen MR) is 82.8 cm³/mol. The molecule has 0 atom stereocenters. The molecule has 0 bridgehead atoms. The normalized spacial score (nSPS) is 14.4. The molecule has 1 saturated carbocycles. The minimum Gasteiger partial charge on any atom is -0.309 e. The molecule has 0 unspecified atom stereocenters. The average molecular weight is 295 g/mol. The highest BCUT2D eigenvalue weighted by molar-refractivity contribution is 5.91. The van der Waals surface area contributed by atoms with E-state index in [0.29, 0.717) is 11.7 Å². The van der Waals surface area contributed by atoms with E-state index in [1.807, 2.05) is 41.9 Å². The van der Waals surface area contributed by atoms with Crippen LogP contribution in [0.5, 0.6) is 0 Å². The molecule has 1 aliphatic carbocycles. The van der Waals surface area contributed by atoms with E-state index < -0.39 is 0 Å². The first-order valence-electron chi connectivity index (χ1n) is 7.47. The summed E-state index contributed by atoms with van der Waals surface area (Å²) in [7, 11) is 0. The van der Waals surface area contributed by atoms with E-state index in [-0.39, 0.29) is 12.3 Å². The van der Waals surface area contributed by atoms with Crippen LogP contribution in [-0.2, 0) is 11.2 Å². The van der Waals surface area contributed by atoms with Gasteiger partial charge in [0.2, 0.25) is 5.91 Å². The number of H-pyrrole nitrogens is 1. The van der Waals surface area contributed by atoms with Crippen molar-refractivity contribution in [1.29, 1.82) is 0 Å². The zero-order chi connectivity index (χ0) is 15.1. The molecule has 4 rings (SSSR count). The molecular weight excluding hydrogens is 278 g/mol. The van der Waals surface area contributed by atoms with E-state index in [9.17, 15) is 4.79 Å². The third-order valence-electron chi connectivity index (χ3n) is 3.87. The van der Waals surface area contributed by atoms with Crippen LogP contribution in [0.1, 0.15) is 35.7 Å². The zero-order valence-corrected chi connectivity index (χ0v) is 12.3. The SMILES string of the molecule is Cc1ccc2nc(CC(=O)Nc3cc(C4CC4)[nH]n3)cn2c1. The van der Waals surface area contributed by atoms with Crippen LogP contribution in [0, 0.1) is 6.92 Å². The lowest BCUT2D eigenvalue weighted by atomic mass is 10.3. The quantitative estimate of drug-likeness (QED) is 0.776. The van der Waals surface area contributed by atoms with E-state index in [2.05, 4.69) is 20.5 Å². The molecule has 3 aromatic rings. The Hall–Kier alpha value is -2.63. The van der Waals surface area contributed by atoms with E-state index in [1.165, 1.54) is 12.8 Å². The van der Waals surface area contributed by atoms with Crippen molar-refractivity contribution in [1.82, 2.24) is 19.6 Å². The first-order chi connectivity index (χ1) is 10.7. The van der Waals surface area contributed by atoms with Gasteiger partial charge in [0.15, 0.2) is 5.82 Å². The Morgan fingerprint density at radius 3 is 3.09 bits per heavy atom. The number of aromatic amines is 1. The van der Waals surface area contributed by atoms with Crippen molar-refractivity contribution in [2.45, 2.75) is 32.1 Å². The second kappa shape index (κ2) is 4.98. The molecule has 0 aromatic carbocycles. The molecule has 112 valence electrons. The van der Waals surface area contributed by atoms with Gasteiger partial charge in [0.05, 0.1) is 12.1 Å².